The van der Waals surface area contributed by atoms with Crippen LogP contribution in [0.5, 0.6) is 0 Å². The Kier molecular flexibility index (Phi) is 32.4. The Morgan fingerprint density at radius 3 is 1.50 bits per heavy atom. The molecule has 0 fully saturated rings. The Labute approximate surface area is 49.9 Å². The average Bonchev–Trinajstić information content (AvgIpc) is 1.33. The van der Waals surface area contributed by atoms with Crippen molar-refractivity contribution in [1.82, 2.24) is 6.15 Å². The van der Waals surface area contributed by atoms with Gasteiger partial charge >= 0.3 is 0 Å². The zero-order valence-electron chi connectivity index (χ0n) is 5.56. The Hall–Kier alpha value is -0.880. The predicted octanol–water partition coefficient (Wildman–Crippen LogP) is 1.29. The van der Waals surface area contributed by atoms with Gasteiger partial charge in [-0.25, -0.2) is 0 Å². The normalized spacial score (nSPS) is 4.25. The third-order valence-corrected chi connectivity index (χ3v) is 0. The van der Waals surface area contributed by atoms with Crippen LogP contribution in [0.4, 0.5) is 0 Å². The fourth-order valence-corrected chi connectivity index (χ4v) is 0. The van der Waals surface area contributed by atoms with Crippen LogP contribution in [0.3, 0.4) is 0 Å². The van der Waals surface area contributed by atoms with E-state index in [1.165, 1.54) is 20.8 Å². The van der Waals surface area contributed by atoms with Crippen molar-refractivity contribution in [2.24, 2.45) is 0 Å². The van der Waals surface area contributed by atoms with Crippen LogP contribution in [-0.4, -0.2) is 5.78 Å². The van der Waals surface area contributed by atoms with Gasteiger partial charge in [0, 0.05) is 6.92 Å². The molecule has 0 bridgehead atoms. The van der Waals surface area contributed by atoms with Crippen molar-refractivity contribution in [3.8, 4) is 6.07 Å². The highest BCUT2D eigenvalue weighted by Gasteiger charge is 1.62. The van der Waals surface area contributed by atoms with Crippen molar-refractivity contribution in [3.05, 3.63) is 0 Å². The quantitative estimate of drug-likeness (QED) is 0.518. The molecule has 0 aliphatic carbocycles. The average molecular weight is 116 g/mol. The summed E-state index contributed by atoms with van der Waals surface area (Å²) in [5, 5.41) is 7.32. The number of hydrogen-bond donors (Lipinski definition) is 1. The number of carbonyl (C=O) groups excluding carboxylic acids is 1. The van der Waals surface area contributed by atoms with Crippen LogP contribution in [0, 0.1) is 11.3 Å². The molecular formula is C5H12N2O. The zero-order chi connectivity index (χ0) is 6.28. The summed E-state index contributed by atoms with van der Waals surface area (Å²) in [7, 11) is 0. The lowest BCUT2D eigenvalue weighted by Gasteiger charge is -1.56. The Morgan fingerprint density at radius 2 is 1.50 bits per heavy atom. The van der Waals surface area contributed by atoms with Gasteiger partial charge in [-0.05, 0) is 13.8 Å². The van der Waals surface area contributed by atoms with Crippen molar-refractivity contribution >= 4 is 5.78 Å². The highest BCUT2D eigenvalue weighted by atomic mass is 16.1. The van der Waals surface area contributed by atoms with Crippen LogP contribution in [0.25, 0.3) is 0 Å². The monoisotopic (exact) mass is 116 g/mol. The fourth-order valence-electron chi connectivity index (χ4n) is 0. The smallest absolute Gasteiger partial charge is 0.126 e. The molecule has 0 aromatic rings. The van der Waals surface area contributed by atoms with Gasteiger partial charge in [0.15, 0.2) is 0 Å². The van der Waals surface area contributed by atoms with E-state index in [1.54, 1.807) is 6.07 Å². The first-order chi connectivity index (χ1) is 3.15. The Morgan fingerprint density at radius 1 is 1.50 bits per heavy atom. The number of ketones is 1. The maximum Gasteiger partial charge on any atom is 0.126 e. The van der Waals surface area contributed by atoms with Crippen molar-refractivity contribution in [1.29, 1.82) is 5.26 Å². The molecule has 0 spiro atoms. The maximum absolute atomic E-state index is 9.44. The fraction of sp³-hybridized carbons (Fsp3) is 0.600. The molecule has 0 aromatic carbocycles. The highest BCUT2D eigenvalue weighted by Crippen LogP contribution is 1.50. The summed E-state index contributed by atoms with van der Waals surface area (Å²) in [6, 6.07) is 1.75. The summed E-state index contributed by atoms with van der Waals surface area (Å²) in [5.74, 6) is 0.167. The first kappa shape index (κ1) is 15.7. The Bertz CT molecular complexity index is 78.9. The minimum atomic E-state index is 0. The van der Waals surface area contributed by atoms with Gasteiger partial charge in [-0.3, -0.25) is 0 Å². The largest absolute Gasteiger partial charge is 0.344 e. The van der Waals surface area contributed by atoms with Gasteiger partial charge in [0.05, 0.1) is 6.07 Å². The van der Waals surface area contributed by atoms with E-state index in [1.807, 2.05) is 0 Å². The van der Waals surface area contributed by atoms with E-state index in [0.717, 1.165) is 0 Å². The summed E-state index contributed by atoms with van der Waals surface area (Å²) >= 11 is 0. The third-order valence-electron chi connectivity index (χ3n) is 0. The molecule has 0 unspecified atom stereocenters. The summed E-state index contributed by atoms with van der Waals surface area (Å²) in [5.41, 5.74) is 0. The zero-order valence-corrected chi connectivity index (χ0v) is 5.56. The van der Waals surface area contributed by atoms with Crippen LogP contribution in [0.1, 0.15) is 20.8 Å². The molecule has 0 atom stereocenters. The maximum atomic E-state index is 9.44. The van der Waals surface area contributed by atoms with Crippen LogP contribution in [0.2, 0.25) is 0 Å². The molecule has 0 radical (unpaired) electrons. The van der Waals surface area contributed by atoms with E-state index in [-0.39, 0.29) is 11.9 Å². The lowest BCUT2D eigenvalue weighted by atomic mass is 10.6. The highest BCUT2D eigenvalue weighted by molar-refractivity contribution is 5.72. The van der Waals surface area contributed by atoms with Gasteiger partial charge in [0.25, 0.3) is 0 Å². The number of carbonyl (C=O) groups is 1. The number of nitrogens with zero attached hydrogens (tertiary/aromatic N) is 1. The van der Waals surface area contributed by atoms with Crippen LogP contribution in [-0.2, 0) is 4.79 Å². The Balaban J connectivity index is -0.0000000575. The number of nitriles is 1. The summed E-state index contributed by atoms with van der Waals surface area (Å²) in [6.07, 6.45) is 0. The SMILES string of the molecule is CC#N.CC(C)=O.N. The lowest BCUT2D eigenvalue weighted by Crippen LogP contribution is -1.69. The number of hydrogen-bond acceptors (Lipinski definition) is 3. The summed E-state index contributed by atoms with van der Waals surface area (Å²) in [6.45, 7) is 4.49. The summed E-state index contributed by atoms with van der Waals surface area (Å²) < 4.78 is 0. The second-order valence-corrected chi connectivity index (χ2v) is 1.13. The molecule has 0 saturated carbocycles. The number of Topliss-reactive ketones (excluding diaryl/α,β-unsaturated/α-hetero) is 1. The van der Waals surface area contributed by atoms with E-state index in [0.29, 0.717) is 0 Å². The molecule has 0 aliphatic rings. The second-order valence-electron chi connectivity index (χ2n) is 1.13. The van der Waals surface area contributed by atoms with Crippen LogP contribution >= 0.6 is 0 Å². The minimum absolute atomic E-state index is 0. The van der Waals surface area contributed by atoms with Gasteiger partial charge in [-0.1, -0.05) is 0 Å². The van der Waals surface area contributed by atoms with Gasteiger partial charge in [0.1, 0.15) is 5.78 Å². The molecule has 3 N–H and O–H groups in total. The molecule has 0 aromatic heterocycles. The van der Waals surface area contributed by atoms with Crippen molar-refractivity contribution < 1.29 is 4.79 Å². The molecule has 48 valence electrons. The molecule has 0 saturated heterocycles. The number of rotatable bonds is 0. The van der Waals surface area contributed by atoms with Gasteiger partial charge < -0.3 is 10.9 Å². The first-order valence-corrected chi connectivity index (χ1v) is 1.93. The summed E-state index contributed by atoms with van der Waals surface area (Å²) in [4.78, 5) is 9.44. The molecule has 3 nitrogen and oxygen atoms in total. The molecular weight excluding hydrogens is 104 g/mol. The van der Waals surface area contributed by atoms with Crippen molar-refractivity contribution in [3.63, 3.8) is 0 Å². The molecule has 0 amide bonds. The van der Waals surface area contributed by atoms with Gasteiger partial charge in [-0.2, -0.15) is 5.26 Å². The molecule has 0 aliphatic heterocycles. The lowest BCUT2D eigenvalue weighted by molar-refractivity contribution is -0.114. The van der Waals surface area contributed by atoms with Gasteiger partial charge in [-0.15, -0.1) is 0 Å². The van der Waals surface area contributed by atoms with E-state index in [9.17, 15) is 4.79 Å². The van der Waals surface area contributed by atoms with Crippen molar-refractivity contribution in [2.45, 2.75) is 20.8 Å². The predicted molar refractivity (Wildman–Crippen MR) is 32.7 cm³/mol. The first-order valence-electron chi connectivity index (χ1n) is 1.93. The standard InChI is InChI=1S/C3H6O.C2H3N.H3N/c1-3(2)4;1-2-3;/h1-2H3;1H3;1H3. The van der Waals surface area contributed by atoms with Crippen LogP contribution < -0.4 is 6.15 Å². The second kappa shape index (κ2) is 16.5. The van der Waals surface area contributed by atoms with E-state index in [4.69, 9.17) is 5.26 Å². The van der Waals surface area contributed by atoms with Crippen LogP contribution in [0.15, 0.2) is 0 Å². The third kappa shape index (κ3) is 112. The molecule has 0 heterocycles. The topological polar surface area (TPSA) is 75.9 Å². The van der Waals surface area contributed by atoms with E-state index >= 15 is 0 Å². The molecule has 0 rings (SSSR count). The van der Waals surface area contributed by atoms with E-state index < -0.39 is 0 Å². The molecule has 3 heteroatoms. The molecule has 8 heavy (non-hydrogen) atoms. The minimum Gasteiger partial charge on any atom is -0.344 e. The van der Waals surface area contributed by atoms with E-state index in [2.05, 4.69) is 0 Å². The van der Waals surface area contributed by atoms with Crippen molar-refractivity contribution in [2.75, 3.05) is 0 Å². The van der Waals surface area contributed by atoms with Gasteiger partial charge in [0.2, 0.25) is 0 Å².